The highest BCUT2D eigenvalue weighted by molar-refractivity contribution is 9.09. The molecule has 1 aromatic carbocycles. The normalized spacial score (nSPS) is 31.8. The molecule has 1 aromatic rings. The second-order valence-corrected chi connectivity index (χ2v) is 8.50. The quantitative estimate of drug-likeness (QED) is 0.455. The van der Waals surface area contributed by atoms with Gasteiger partial charge >= 0.3 is 0 Å². The standard InChI is InChI=1S/C17H20BrN3O4/c1-15(2)16(3)8-9-17(15,13(16)18)14(23)20-19-12(22)10-4-6-11(7-5-10)21(24)25/h4-7,13H,8-9H2,1-3H3,(H,19,22)(H,20,23). The molecule has 3 aliphatic carbocycles. The van der Waals surface area contributed by atoms with E-state index in [2.05, 4.69) is 47.6 Å². The first-order valence-electron chi connectivity index (χ1n) is 8.07. The van der Waals surface area contributed by atoms with Crippen molar-refractivity contribution in [2.45, 2.75) is 38.4 Å². The number of alkyl halides is 1. The molecule has 4 rings (SSSR count). The van der Waals surface area contributed by atoms with Crippen LogP contribution in [0, 0.1) is 26.4 Å². The Morgan fingerprint density at radius 2 is 1.76 bits per heavy atom. The average Bonchev–Trinajstić information content (AvgIpc) is 2.99. The number of rotatable bonds is 3. The lowest BCUT2D eigenvalue weighted by Crippen LogP contribution is -2.70. The molecule has 2 amide bonds. The fraction of sp³-hybridized carbons (Fsp3) is 0.529. The Kier molecular flexibility index (Phi) is 3.94. The lowest BCUT2D eigenvalue weighted by molar-refractivity contribution is -0.384. The summed E-state index contributed by atoms with van der Waals surface area (Å²) in [6.45, 7) is 6.37. The zero-order valence-corrected chi connectivity index (χ0v) is 15.8. The smallest absolute Gasteiger partial charge is 0.269 e. The Hall–Kier alpha value is -1.96. The molecule has 2 bridgehead atoms. The number of amides is 2. The zero-order chi connectivity index (χ0) is 18.6. The van der Waals surface area contributed by atoms with Gasteiger partial charge in [0.15, 0.2) is 0 Å². The number of non-ortho nitro benzene ring substituents is 1. The summed E-state index contributed by atoms with van der Waals surface area (Å²) in [6, 6.07) is 5.21. The molecule has 3 aliphatic rings. The topological polar surface area (TPSA) is 101 Å². The summed E-state index contributed by atoms with van der Waals surface area (Å²) < 4.78 is 0. The van der Waals surface area contributed by atoms with Gasteiger partial charge in [0.1, 0.15) is 0 Å². The van der Waals surface area contributed by atoms with E-state index in [0.717, 1.165) is 12.8 Å². The van der Waals surface area contributed by atoms with E-state index in [1.54, 1.807) is 0 Å². The van der Waals surface area contributed by atoms with Gasteiger partial charge in [-0.25, -0.2) is 0 Å². The zero-order valence-electron chi connectivity index (χ0n) is 14.3. The molecule has 0 radical (unpaired) electrons. The summed E-state index contributed by atoms with van der Waals surface area (Å²) in [5.74, 6) is -0.715. The highest BCUT2D eigenvalue weighted by Crippen LogP contribution is 2.79. The Balaban J connectivity index is 1.67. The molecule has 3 saturated carbocycles. The van der Waals surface area contributed by atoms with Gasteiger partial charge in [-0.05, 0) is 35.8 Å². The molecule has 0 heterocycles. The van der Waals surface area contributed by atoms with Crippen LogP contribution in [0.15, 0.2) is 24.3 Å². The first kappa shape index (κ1) is 17.8. The summed E-state index contributed by atoms with van der Waals surface area (Å²) in [5, 5.41) is 10.6. The van der Waals surface area contributed by atoms with Gasteiger partial charge in [0.25, 0.3) is 11.6 Å². The third-order valence-electron chi connectivity index (χ3n) is 6.61. The van der Waals surface area contributed by atoms with Crippen LogP contribution < -0.4 is 10.9 Å². The van der Waals surface area contributed by atoms with Crippen LogP contribution >= 0.6 is 15.9 Å². The van der Waals surface area contributed by atoms with Crippen LogP contribution in [0.5, 0.6) is 0 Å². The van der Waals surface area contributed by atoms with Gasteiger partial charge in [-0.2, -0.15) is 0 Å². The van der Waals surface area contributed by atoms with Gasteiger partial charge in [-0.1, -0.05) is 36.7 Å². The molecule has 134 valence electrons. The lowest BCUT2D eigenvalue weighted by atomic mass is 9.43. The van der Waals surface area contributed by atoms with Gasteiger partial charge < -0.3 is 0 Å². The van der Waals surface area contributed by atoms with Crippen LogP contribution in [-0.4, -0.2) is 21.6 Å². The summed E-state index contributed by atoms with van der Waals surface area (Å²) >= 11 is 3.68. The average molecular weight is 410 g/mol. The third-order valence-corrected chi connectivity index (χ3v) is 8.40. The van der Waals surface area contributed by atoms with E-state index >= 15 is 0 Å². The molecule has 0 saturated heterocycles. The molecule has 3 unspecified atom stereocenters. The van der Waals surface area contributed by atoms with Crippen molar-refractivity contribution in [3.63, 3.8) is 0 Å². The van der Waals surface area contributed by atoms with Crippen molar-refractivity contribution in [1.29, 1.82) is 0 Å². The second kappa shape index (κ2) is 5.52. The number of halogens is 1. The van der Waals surface area contributed by atoms with Crippen molar-refractivity contribution in [2.75, 3.05) is 0 Å². The Morgan fingerprint density at radius 1 is 1.16 bits per heavy atom. The maximum atomic E-state index is 12.8. The first-order valence-corrected chi connectivity index (χ1v) is 8.99. The number of nitro benzene ring substituents is 1. The van der Waals surface area contributed by atoms with Crippen molar-refractivity contribution >= 4 is 33.4 Å². The number of nitrogens with zero attached hydrogens (tertiary/aromatic N) is 1. The van der Waals surface area contributed by atoms with E-state index in [9.17, 15) is 19.7 Å². The highest BCUT2D eigenvalue weighted by Gasteiger charge is 2.80. The molecule has 2 N–H and O–H groups in total. The fourth-order valence-corrected chi connectivity index (χ4v) is 6.30. The third kappa shape index (κ3) is 2.16. The summed E-state index contributed by atoms with van der Waals surface area (Å²) in [5.41, 5.74) is 4.44. The summed E-state index contributed by atoms with van der Waals surface area (Å²) in [6.07, 6.45) is 1.73. The molecular formula is C17H20BrN3O4. The monoisotopic (exact) mass is 409 g/mol. The number of carbonyl (C=O) groups is 2. The predicted octanol–water partition coefficient (Wildman–Crippen LogP) is 2.95. The molecule has 25 heavy (non-hydrogen) atoms. The Bertz CT molecular complexity index is 764. The minimum atomic E-state index is -0.551. The van der Waals surface area contributed by atoms with Crippen LogP contribution in [0.3, 0.4) is 0 Å². The number of hydrazine groups is 1. The summed E-state index contributed by atoms with van der Waals surface area (Å²) in [7, 11) is 0. The molecule has 7 nitrogen and oxygen atoms in total. The fourth-order valence-electron chi connectivity index (χ4n) is 4.49. The van der Waals surface area contributed by atoms with Crippen LogP contribution in [0.25, 0.3) is 0 Å². The van der Waals surface area contributed by atoms with Crippen molar-refractivity contribution in [1.82, 2.24) is 10.9 Å². The SMILES string of the molecule is CC12CCC(C(=O)NNC(=O)c3ccc([N+](=O)[O-])cc3)(C1Br)C2(C)C. The van der Waals surface area contributed by atoms with Crippen molar-refractivity contribution in [3.05, 3.63) is 39.9 Å². The maximum absolute atomic E-state index is 12.8. The van der Waals surface area contributed by atoms with Gasteiger partial charge in [-0.3, -0.25) is 30.6 Å². The molecule has 0 aromatic heterocycles. The van der Waals surface area contributed by atoms with Gasteiger partial charge in [0.05, 0.1) is 10.3 Å². The number of nitro groups is 1. The van der Waals surface area contributed by atoms with E-state index in [0.29, 0.717) is 0 Å². The molecular weight excluding hydrogens is 390 g/mol. The minimum Gasteiger partial charge on any atom is -0.273 e. The molecule has 3 fully saturated rings. The minimum absolute atomic E-state index is 0.0622. The van der Waals surface area contributed by atoms with Crippen molar-refractivity contribution < 1.29 is 14.5 Å². The Morgan fingerprint density at radius 3 is 2.20 bits per heavy atom. The van der Waals surface area contributed by atoms with Crippen molar-refractivity contribution in [2.24, 2.45) is 16.2 Å². The van der Waals surface area contributed by atoms with E-state index in [1.807, 2.05) is 0 Å². The van der Waals surface area contributed by atoms with Crippen LogP contribution in [0.2, 0.25) is 0 Å². The first-order chi connectivity index (χ1) is 11.6. The van der Waals surface area contributed by atoms with Crippen LogP contribution in [0.1, 0.15) is 44.0 Å². The van der Waals surface area contributed by atoms with Crippen LogP contribution in [-0.2, 0) is 4.79 Å². The van der Waals surface area contributed by atoms with E-state index < -0.39 is 16.2 Å². The van der Waals surface area contributed by atoms with E-state index in [1.165, 1.54) is 24.3 Å². The predicted molar refractivity (Wildman–Crippen MR) is 95.0 cm³/mol. The van der Waals surface area contributed by atoms with Gasteiger partial charge in [-0.15, -0.1) is 0 Å². The second-order valence-electron chi connectivity index (χ2n) is 7.59. The molecule has 0 aliphatic heterocycles. The summed E-state index contributed by atoms with van der Waals surface area (Å²) in [4.78, 5) is 35.1. The van der Waals surface area contributed by atoms with Gasteiger partial charge in [0, 0.05) is 22.5 Å². The van der Waals surface area contributed by atoms with Crippen LogP contribution in [0.4, 0.5) is 5.69 Å². The lowest BCUT2D eigenvalue weighted by Gasteiger charge is -2.64. The number of nitrogens with one attached hydrogen (secondary N) is 2. The molecule has 8 heteroatoms. The number of hydrogen-bond acceptors (Lipinski definition) is 4. The number of hydrogen-bond donors (Lipinski definition) is 2. The number of benzene rings is 1. The molecule has 3 atom stereocenters. The van der Waals surface area contributed by atoms with Gasteiger partial charge in [0.2, 0.25) is 5.91 Å². The number of fused-ring (bicyclic) bond motifs is 1. The number of carbonyl (C=O) groups excluding carboxylic acids is 2. The molecule has 0 spiro atoms. The largest absolute Gasteiger partial charge is 0.273 e. The Labute approximate surface area is 153 Å². The van der Waals surface area contributed by atoms with E-state index in [4.69, 9.17) is 0 Å². The maximum Gasteiger partial charge on any atom is 0.269 e. The van der Waals surface area contributed by atoms with Crippen molar-refractivity contribution in [3.8, 4) is 0 Å². The highest BCUT2D eigenvalue weighted by atomic mass is 79.9. The van der Waals surface area contributed by atoms with E-state index in [-0.39, 0.29) is 32.8 Å².